The predicted molar refractivity (Wildman–Crippen MR) is 90.9 cm³/mol. The number of hydrogen-bond donors (Lipinski definition) is 1. The number of amides is 1. The Morgan fingerprint density at radius 1 is 1.00 bits per heavy atom. The molecule has 0 saturated heterocycles. The Morgan fingerprint density at radius 3 is 2.70 bits per heavy atom. The van der Waals surface area contributed by atoms with Crippen LogP contribution in [-0.2, 0) is 0 Å². The summed E-state index contributed by atoms with van der Waals surface area (Å²) in [5.41, 5.74) is 1.10. The van der Waals surface area contributed by atoms with Gasteiger partial charge in [0.2, 0.25) is 0 Å². The van der Waals surface area contributed by atoms with Crippen molar-refractivity contribution in [3.05, 3.63) is 71.2 Å². The van der Waals surface area contributed by atoms with Crippen molar-refractivity contribution in [2.45, 2.75) is 0 Å². The molecule has 0 aliphatic heterocycles. The van der Waals surface area contributed by atoms with E-state index in [0.29, 0.717) is 27.4 Å². The van der Waals surface area contributed by atoms with Gasteiger partial charge in [0, 0.05) is 16.7 Å². The number of anilines is 1. The van der Waals surface area contributed by atoms with Crippen LogP contribution >= 0.6 is 11.6 Å². The molecule has 5 heteroatoms. The van der Waals surface area contributed by atoms with Crippen molar-refractivity contribution < 1.29 is 9.32 Å². The van der Waals surface area contributed by atoms with Gasteiger partial charge >= 0.3 is 0 Å². The average Bonchev–Trinajstić information content (AvgIpc) is 2.96. The molecule has 0 aliphatic carbocycles. The van der Waals surface area contributed by atoms with Gasteiger partial charge in [0.25, 0.3) is 5.91 Å². The zero-order valence-corrected chi connectivity index (χ0v) is 12.7. The van der Waals surface area contributed by atoms with E-state index in [1.807, 2.05) is 36.4 Å². The Balaban J connectivity index is 1.67. The molecule has 0 saturated carbocycles. The summed E-state index contributed by atoms with van der Waals surface area (Å²) >= 11 is 5.91. The van der Waals surface area contributed by atoms with E-state index in [1.165, 1.54) is 0 Å². The number of hydrogen-bond acceptors (Lipinski definition) is 3. The molecule has 23 heavy (non-hydrogen) atoms. The van der Waals surface area contributed by atoms with Gasteiger partial charge in [0.05, 0.1) is 5.39 Å². The summed E-state index contributed by atoms with van der Waals surface area (Å²) < 4.78 is 5.19. The van der Waals surface area contributed by atoms with Crippen molar-refractivity contribution in [1.82, 2.24) is 5.16 Å². The highest BCUT2D eigenvalue weighted by molar-refractivity contribution is 6.31. The van der Waals surface area contributed by atoms with Crippen molar-refractivity contribution in [3.63, 3.8) is 0 Å². The lowest BCUT2D eigenvalue weighted by Gasteiger charge is -2.04. The number of nitrogens with one attached hydrogen (secondary N) is 1. The summed E-state index contributed by atoms with van der Waals surface area (Å²) in [4.78, 5) is 12.4. The second-order valence-corrected chi connectivity index (χ2v) is 5.62. The highest BCUT2D eigenvalue weighted by Gasteiger charge is 2.13. The number of halogens is 1. The zero-order chi connectivity index (χ0) is 15.8. The number of carbonyl (C=O) groups excluding carboxylic acids is 1. The van der Waals surface area contributed by atoms with Gasteiger partial charge in [-0.15, -0.1) is 0 Å². The molecule has 0 radical (unpaired) electrons. The SMILES string of the molecule is O=C(Nc1noc2cc(Cl)ccc12)c1ccc2ccccc2c1. The van der Waals surface area contributed by atoms with E-state index in [1.54, 1.807) is 24.3 Å². The molecule has 0 aliphatic rings. The zero-order valence-electron chi connectivity index (χ0n) is 11.9. The van der Waals surface area contributed by atoms with E-state index in [9.17, 15) is 4.79 Å². The largest absolute Gasteiger partial charge is 0.354 e. The van der Waals surface area contributed by atoms with Gasteiger partial charge in [0.1, 0.15) is 0 Å². The van der Waals surface area contributed by atoms with Crippen molar-refractivity contribution in [3.8, 4) is 0 Å². The van der Waals surface area contributed by atoms with E-state index >= 15 is 0 Å². The van der Waals surface area contributed by atoms with Crippen LogP contribution in [0, 0.1) is 0 Å². The minimum atomic E-state index is -0.235. The van der Waals surface area contributed by atoms with Crippen LogP contribution < -0.4 is 5.32 Å². The van der Waals surface area contributed by atoms with Crippen LogP contribution in [0.25, 0.3) is 21.7 Å². The maximum atomic E-state index is 12.4. The molecule has 4 rings (SSSR count). The Hall–Kier alpha value is -2.85. The number of fused-ring (bicyclic) bond motifs is 2. The van der Waals surface area contributed by atoms with E-state index in [4.69, 9.17) is 16.1 Å². The molecule has 1 heterocycles. The third-order valence-corrected chi connectivity index (χ3v) is 3.91. The van der Waals surface area contributed by atoms with E-state index in [-0.39, 0.29) is 5.91 Å². The molecule has 0 atom stereocenters. The Morgan fingerprint density at radius 2 is 1.83 bits per heavy atom. The van der Waals surface area contributed by atoms with Gasteiger partial charge < -0.3 is 9.84 Å². The van der Waals surface area contributed by atoms with Crippen LogP contribution in [0.3, 0.4) is 0 Å². The van der Waals surface area contributed by atoms with Gasteiger partial charge in [-0.05, 0) is 35.0 Å². The molecule has 4 aromatic rings. The summed E-state index contributed by atoms with van der Waals surface area (Å²) in [7, 11) is 0. The molecule has 112 valence electrons. The molecule has 1 amide bonds. The quantitative estimate of drug-likeness (QED) is 0.572. The van der Waals surface area contributed by atoms with E-state index < -0.39 is 0 Å². The maximum absolute atomic E-state index is 12.4. The van der Waals surface area contributed by atoms with Crippen molar-refractivity contribution in [2.75, 3.05) is 5.32 Å². The molecule has 0 bridgehead atoms. The van der Waals surface area contributed by atoms with E-state index in [0.717, 1.165) is 10.8 Å². The van der Waals surface area contributed by atoms with E-state index in [2.05, 4.69) is 10.5 Å². The lowest BCUT2D eigenvalue weighted by atomic mass is 10.1. The summed E-state index contributed by atoms with van der Waals surface area (Å²) in [6.07, 6.45) is 0. The molecule has 1 N–H and O–H groups in total. The highest BCUT2D eigenvalue weighted by Crippen LogP contribution is 2.26. The summed E-state index contributed by atoms with van der Waals surface area (Å²) in [5.74, 6) is 0.149. The van der Waals surface area contributed by atoms with Crippen LogP contribution in [0.15, 0.2) is 65.2 Å². The number of aromatic nitrogens is 1. The topological polar surface area (TPSA) is 55.1 Å². The second kappa shape index (κ2) is 5.41. The molecular formula is C18H11ClN2O2. The minimum absolute atomic E-state index is 0.235. The summed E-state index contributed by atoms with van der Waals surface area (Å²) in [6.45, 7) is 0. The third kappa shape index (κ3) is 2.53. The van der Waals surface area contributed by atoms with Gasteiger partial charge in [0.15, 0.2) is 11.4 Å². The van der Waals surface area contributed by atoms with Crippen molar-refractivity contribution >= 4 is 45.1 Å². The van der Waals surface area contributed by atoms with Crippen LogP contribution in [0.1, 0.15) is 10.4 Å². The monoisotopic (exact) mass is 322 g/mol. The summed E-state index contributed by atoms with van der Waals surface area (Å²) in [5, 5.41) is 10.0. The smallest absolute Gasteiger partial charge is 0.256 e. The fraction of sp³-hybridized carbons (Fsp3) is 0. The van der Waals surface area contributed by atoms with Crippen molar-refractivity contribution in [1.29, 1.82) is 0 Å². The first-order valence-corrected chi connectivity index (χ1v) is 7.43. The lowest BCUT2D eigenvalue weighted by molar-refractivity contribution is 0.102. The maximum Gasteiger partial charge on any atom is 0.256 e. The van der Waals surface area contributed by atoms with Crippen molar-refractivity contribution in [2.24, 2.45) is 0 Å². The van der Waals surface area contributed by atoms with Gasteiger partial charge in [-0.3, -0.25) is 4.79 Å². The first-order chi connectivity index (χ1) is 11.2. The van der Waals surface area contributed by atoms with Crippen LogP contribution in [-0.4, -0.2) is 11.1 Å². The third-order valence-electron chi connectivity index (χ3n) is 3.68. The first-order valence-electron chi connectivity index (χ1n) is 7.06. The molecule has 1 aromatic heterocycles. The standard InChI is InChI=1S/C18H11ClN2O2/c19-14-7-8-15-16(10-14)23-21-17(15)20-18(22)13-6-5-11-3-1-2-4-12(11)9-13/h1-10H,(H,20,21,22). The second-order valence-electron chi connectivity index (χ2n) is 5.19. The summed E-state index contributed by atoms with van der Waals surface area (Å²) in [6, 6.07) is 18.6. The molecule has 3 aromatic carbocycles. The normalized spacial score (nSPS) is 11.0. The molecular weight excluding hydrogens is 312 g/mol. The predicted octanol–water partition coefficient (Wildman–Crippen LogP) is 4.89. The molecule has 4 nitrogen and oxygen atoms in total. The fourth-order valence-electron chi connectivity index (χ4n) is 2.51. The van der Waals surface area contributed by atoms with Crippen LogP contribution in [0.5, 0.6) is 0 Å². The first kappa shape index (κ1) is 13.8. The fourth-order valence-corrected chi connectivity index (χ4v) is 2.67. The van der Waals surface area contributed by atoms with Crippen LogP contribution in [0.4, 0.5) is 5.82 Å². The number of benzene rings is 3. The Kier molecular flexibility index (Phi) is 3.24. The van der Waals surface area contributed by atoms with Gasteiger partial charge in [-0.1, -0.05) is 47.1 Å². The Bertz CT molecular complexity index is 1040. The average molecular weight is 323 g/mol. The Labute approximate surface area is 136 Å². The minimum Gasteiger partial charge on any atom is -0.354 e. The number of nitrogens with zero attached hydrogens (tertiary/aromatic N) is 1. The number of rotatable bonds is 2. The molecule has 0 fully saturated rings. The van der Waals surface area contributed by atoms with Crippen LogP contribution in [0.2, 0.25) is 5.02 Å². The lowest BCUT2D eigenvalue weighted by Crippen LogP contribution is -2.12. The number of carbonyl (C=O) groups is 1. The van der Waals surface area contributed by atoms with Gasteiger partial charge in [-0.2, -0.15) is 0 Å². The highest BCUT2D eigenvalue weighted by atomic mass is 35.5. The van der Waals surface area contributed by atoms with Gasteiger partial charge in [-0.25, -0.2) is 0 Å². The molecule has 0 spiro atoms. The molecule has 0 unspecified atom stereocenters.